The smallest absolute Gasteiger partial charge is 0.245 e. The molecule has 1 aliphatic heterocycles. The SMILES string of the molecule is CCCC[C@H](C(N)=O)[C@@H](CC1CC1)C(=O)N[C@H]1CCCCN(Cc2cccc(-c3ccc4ccccc4c3)c2)C1=O. The van der Waals surface area contributed by atoms with Crippen LogP contribution in [0.2, 0.25) is 0 Å². The van der Waals surface area contributed by atoms with Gasteiger partial charge in [-0.15, -0.1) is 0 Å². The Balaban J connectivity index is 1.29. The van der Waals surface area contributed by atoms with Crippen LogP contribution in [-0.2, 0) is 20.9 Å². The first-order valence-electron chi connectivity index (χ1n) is 15.4. The molecular formula is C35H43N3O3. The van der Waals surface area contributed by atoms with Crippen molar-refractivity contribution < 1.29 is 14.4 Å². The van der Waals surface area contributed by atoms with E-state index in [0.29, 0.717) is 38.3 Å². The molecule has 0 unspecified atom stereocenters. The number of carbonyl (C=O) groups is 3. The van der Waals surface area contributed by atoms with Gasteiger partial charge in [-0.3, -0.25) is 14.4 Å². The van der Waals surface area contributed by atoms with Crippen LogP contribution in [-0.4, -0.2) is 35.2 Å². The molecule has 1 heterocycles. The molecule has 2 aliphatic rings. The van der Waals surface area contributed by atoms with Gasteiger partial charge in [-0.05, 0) is 77.6 Å². The molecular weight excluding hydrogens is 510 g/mol. The Hall–Kier alpha value is -3.67. The summed E-state index contributed by atoms with van der Waals surface area (Å²) >= 11 is 0. The number of benzene rings is 3. The fraction of sp³-hybridized carbons (Fsp3) is 0.457. The van der Waals surface area contributed by atoms with E-state index in [9.17, 15) is 14.4 Å². The topological polar surface area (TPSA) is 92.5 Å². The lowest BCUT2D eigenvalue weighted by Gasteiger charge is -2.28. The number of nitrogens with one attached hydrogen (secondary N) is 1. The van der Waals surface area contributed by atoms with E-state index in [2.05, 4.69) is 66.8 Å². The minimum absolute atomic E-state index is 0.0405. The number of amides is 3. The third-order valence-corrected chi connectivity index (χ3v) is 8.82. The molecule has 3 aromatic rings. The van der Waals surface area contributed by atoms with Gasteiger partial charge in [0.25, 0.3) is 0 Å². The molecule has 0 radical (unpaired) electrons. The highest BCUT2D eigenvalue weighted by Crippen LogP contribution is 2.38. The molecule has 2 fully saturated rings. The standard InChI is InChI=1S/C35H43N3O3/c1-2-3-13-30(33(36)39)31(21-24-15-16-24)34(40)37-32-14-6-7-19-38(35(32)41)23-25-9-8-12-27(20-25)29-18-17-26-10-4-5-11-28(26)22-29/h4-5,8-12,17-18,20,22,24,30-32H,2-3,6-7,13-16,19,21,23H2,1H3,(H2,36,39)(H,37,40)/t30-,31+,32-/m0/s1. The number of likely N-dealkylation sites (tertiary alicyclic amines) is 1. The summed E-state index contributed by atoms with van der Waals surface area (Å²) in [5.41, 5.74) is 9.12. The predicted molar refractivity (Wildman–Crippen MR) is 164 cm³/mol. The molecule has 216 valence electrons. The van der Waals surface area contributed by atoms with Crippen molar-refractivity contribution in [2.45, 2.75) is 77.3 Å². The number of nitrogens with zero attached hydrogens (tertiary/aromatic N) is 1. The van der Waals surface area contributed by atoms with Gasteiger partial charge < -0.3 is 16.0 Å². The van der Waals surface area contributed by atoms with Gasteiger partial charge >= 0.3 is 0 Å². The van der Waals surface area contributed by atoms with Gasteiger partial charge in [0.2, 0.25) is 17.7 Å². The normalized spacial score (nSPS) is 19.0. The van der Waals surface area contributed by atoms with E-state index < -0.39 is 23.8 Å². The highest BCUT2D eigenvalue weighted by Gasteiger charge is 2.39. The van der Waals surface area contributed by atoms with E-state index in [1.165, 1.54) is 10.8 Å². The second kappa shape index (κ2) is 13.3. The summed E-state index contributed by atoms with van der Waals surface area (Å²) in [5.74, 6) is -1.10. The molecule has 6 heteroatoms. The molecule has 1 saturated heterocycles. The lowest BCUT2D eigenvalue weighted by atomic mass is 9.82. The number of rotatable bonds is 12. The summed E-state index contributed by atoms with van der Waals surface area (Å²) in [6.45, 7) is 3.24. The maximum absolute atomic E-state index is 13.7. The Morgan fingerprint density at radius 3 is 2.46 bits per heavy atom. The number of nitrogens with two attached hydrogens (primary N) is 1. The van der Waals surface area contributed by atoms with Gasteiger partial charge in [0.1, 0.15) is 6.04 Å². The molecule has 1 aliphatic carbocycles. The van der Waals surface area contributed by atoms with Crippen LogP contribution in [0, 0.1) is 17.8 Å². The van der Waals surface area contributed by atoms with Crippen LogP contribution < -0.4 is 11.1 Å². The molecule has 0 spiro atoms. The van der Waals surface area contributed by atoms with Crippen LogP contribution in [0.25, 0.3) is 21.9 Å². The molecule has 3 atom stereocenters. The van der Waals surface area contributed by atoms with Crippen molar-refractivity contribution in [2.75, 3.05) is 6.54 Å². The Morgan fingerprint density at radius 1 is 0.927 bits per heavy atom. The van der Waals surface area contributed by atoms with Gasteiger partial charge in [0.15, 0.2) is 0 Å². The summed E-state index contributed by atoms with van der Waals surface area (Å²) in [7, 11) is 0. The Labute approximate surface area is 243 Å². The molecule has 5 rings (SSSR count). The summed E-state index contributed by atoms with van der Waals surface area (Å²) in [6.07, 6.45) is 7.67. The molecule has 3 aromatic carbocycles. The van der Waals surface area contributed by atoms with Crippen molar-refractivity contribution in [2.24, 2.45) is 23.5 Å². The summed E-state index contributed by atoms with van der Waals surface area (Å²) < 4.78 is 0. The highest BCUT2D eigenvalue weighted by atomic mass is 16.2. The maximum atomic E-state index is 13.7. The molecule has 0 aromatic heterocycles. The van der Waals surface area contributed by atoms with E-state index in [1.54, 1.807) is 0 Å². The third kappa shape index (κ3) is 7.35. The van der Waals surface area contributed by atoms with E-state index >= 15 is 0 Å². The second-order valence-corrected chi connectivity index (χ2v) is 12.0. The van der Waals surface area contributed by atoms with Crippen molar-refractivity contribution in [3.8, 4) is 11.1 Å². The first kappa shape index (κ1) is 28.8. The molecule has 6 nitrogen and oxygen atoms in total. The fourth-order valence-corrected chi connectivity index (χ4v) is 6.25. The predicted octanol–water partition coefficient (Wildman–Crippen LogP) is 6.21. The van der Waals surface area contributed by atoms with Crippen molar-refractivity contribution in [3.63, 3.8) is 0 Å². The average molecular weight is 554 g/mol. The van der Waals surface area contributed by atoms with Crippen molar-refractivity contribution in [3.05, 3.63) is 72.3 Å². The first-order valence-corrected chi connectivity index (χ1v) is 15.4. The summed E-state index contributed by atoms with van der Waals surface area (Å²) in [5, 5.41) is 5.50. The largest absolute Gasteiger partial charge is 0.369 e. The molecule has 41 heavy (non-hydrogen) atoms. The van der Waals surface area contributed by atoms with E-state index in [4.69, 9.17) is 5.73 Å². The molecule has 1 saturated carbocycles. The van der Waals surface area contributed by atoms with Gasteiger partial charge in [0.05, 0.1) is 0 Å². The summed E-state index contributed by atoms with van der Waals surface area (Å²) in [4.78, 5) is 41.6. The second-order valence-electron chi connectivity index (χ2n) is 12.0. The number of hydrogen-bond acceptors (Lipinski definition) is 3. The molecule has 3 N–H and O–H groups in total. The minimum atomic E-state index is -0.574. The number of unbranched alkanes of at least 4 members (excludes halogenated alkanes) is 1. The van der Waals surface area contributed by atoms with Gasteiger partial charge in [0, 0.05) is 24.9 Å². The van der Waals surface area contributed by atoms with Crippen molar-refractivity contribution in [1.82, 2.24) is 10.2 Å². The van der Waals surface area contributed by atoms with Crippen LogP contribution in [0.15, 0.2) is 66.7 Å². The van der Waals surface area contributed by atoms with Crippen LogP contribution >= 0.6 is 0 Å². The third-order valence-electron chi connectivity index (χ3n) is 8.82. The monoisotopic (exact) mass is 553 g/mol. The molecule has 0 bridgehead atoms. The fourth-order valence-electron chi connectivity index (χ4n) is 6.25. The quantitative estimate of drug-likeness (QED) is 0.279. The van der Waals surface area contributed by atoms with E-state index in [1.807, 2.05) is 17.0 Å². The van der Waals surface area contributed by atoms with E-state index in [-0.39, 0.29) is 11.8 Å². The number of carbonyl (C=O) groups excluding carboxylic acids is 3. The summed E-state index contributed by atoms with van der Waals surface area (Å²) in [6, 6.07) is 22.6. The van der Waals surface area contributed by atoms with E-state index in [0.717, 1.165) is 55.2 Å². The number of primary amides is 1. The van der Waals surface area contributed by atoms with Crippen LogP contribution in [0.1, 0.15) is 70.3 Å². The average Bonchev–Trinajstić information content (AvgIpc) is 3.82. The zero-order chi connectivity index (χ0) is 28.8. The van der Waals surface area contributed by atoms with Gasteiger partial charge in [-0.1, -0.05) is 87.2 Å². The van der Waals surface area contributed by atoms with Crippen molar-refractivity contribution >= 4 is 28.5 Å². The molecule has 3 amide bonds. The van der Waals surface area contributed by atoms with Crippen LogP contribution in [0.5, 0.6) is 0 Å². The van der Waals surface area contributed by atoms with Crippen LogP contribution in [0.4, 0.5) is 0 Å². The van der Waals surface area contributed by atoms with Gasteiger partial charge in [-0.2, -0.15) is 0 Å². The Bertz CT molecular complexity index is 1380. The lowest BCUT2D eigenvalue weighted by Crippen LogP contribution is -2.50. The number of hydrogen-bond donors (Lipinski definition) is 2. The number of fused-ring (bicyclic) bond motifs is 1. The zero-order valence-corrected chi connectivity index (χ0v) is 24.2. The first-order chi connectivity index (χ1) is 19.9. The Morgan fingerprint density at radius 2 is 1.71 bits per heavy atom. The van der Waals surface area contributed by atoms with Crippen molar-refractivity contribution in [1.29, 1.82) is 0 Å². The maximum Gasteiger partial charge on any atom is 0.245 e. The minimum Gasteiger partial charge on any atom is -0.369 e. The van der Waals surface area contributed by atoms with Gasteiger partial charge in [-0.25, -0.2) is 0 Å². The Kier molecular flexibility index (Phi) is 9.38. The lowest BCUT2D eigenvalue weighted by molar-refractivity contribution is -0.139. The highest BCUT2D eigenvalue weighted by molar-refractivity contribution is 5.91. The zero-order valence-electron chi connectivity index (χ0n) is 24.2. The van der Waals surface area contributed by atoms with Crippen LogP contribution in [0.3, 0.4) is 0 Å².